The first-order valence-corrected chi connectivity index (χ1v) is 8.19. The Morgan fingerprint density at radius 2 is 2.20 bits per heavy atom. The van der Waals surface area contributed by atoms with Crippen molar-refractivity contribution in [2.45, 2.75) is 31.7 Å². The Morgan fingerprint density at radius 3 is 3.00 bits per heavy atom. The number of halogens is 1. The molecule has 1 atom stereocenters. The molecule has 0 bridgehead atoms. The summed E-state index contributed by atoms with van der Waals surface area (Å²) in [6.45, 7) is 1.02. The maximum absolute atomic E-state index is 12.0. The number of anilines is 1. The number of nitrogens with one attached hydrogen (secondary N) is 2. The zero-order chi connectivity index (χ0) is 13.1. The van der Waals surface area contributed by atoms with E-state index >= 15 is 0 Å². The number of amides is 1. The number of rotatable bonds is 3. The van der Waals surface area contributed by atoms with Crippen molar-refractivity contribution in [1.82, 2.24) is 5.32 Å². The van der Waals surface area contributed by atoms with Crippen LogP contribution in [0.15, 0.2) is 18.2 Å². The number of benzene rings is 1. The highest BCUT2D eigenvalue weighted by atomic mass is 35.5. The number of hydrogen-bond donors (Lipinski definition) is 2. The van der Waals surface area contributed by atoms with Crippen LogP contribution in [0, 0.1) is 0 Å². The van der Waals surface area contributed by atoms with E-state index in [2.05, 4.69) is 22.8 Å². The molecule has 2 N–H and O–H groups in total. The minimum Gasteiger partial charge on any atom is -0.326 e. The van der Waals surface area contributed by atoms with Gasteiger partial charge in [0.15, 0.2) is 0 Å². The average molecular weight is 313 g/mol. The van der Waals surface area contributed by atoms with E-state index in [4.69, 9.17) is 0 Å². The predicted molar refractivity (Wildman–Crippen MR) is 88.1 cm³/mol. The second-order valence-electron chi connectivity index (χ2n) is 5.32. The lowest BCUT2D eigenvalue weighted by Crippen LogP contribution is -2.39. The summed E-state index contributed by atoms with van der Waals surface area (Å²) in [4.78, 5) is 12.0. The van der Waals surface area contributed by atoms with Crippen molar-refractivity contribution in [3.63, 3.8) is 0 Å². The van der Waals surface area contributed by atoms with Crippen molar-refractivity contribution in [2.75, 3.05) is 23.4 Å². The molecule has 0 aromatic heterocycles. The highest BCUT2D eigenvalue weighted by Crippen LogP contribution is 2.25. The van der Waals surface area contributed by atoms with Gasteiger partial charge in [-0.05, 0) is 42.5 Å². The van der Waals surface area contributed by atoms with Gasteiger partial charge in [0.2, 0.25) is 5.91 Å². The van der Waals surface area contributed by atoms with Gasteiger partial charge in [-0.1, -0.05) is 6.07 Å². The number of thioether (sulfide) groups is 1. The van der Waals surface area contributed by atoms with Gasteiger partial charge < -0.3 is 10.6 Å². The van der Waals surface area contributed by atoms with Crippen LogP contribution in [0.25, 0.3) is 0 Å². The lowest BCUT2D eigenvalue weighted by Gasteiger charge is -2.22. The standard InChI is InChI=1S/C15H20N2OS.ClH/c18-15(9-14-10-19-7-6-16-14)17-13-5-4-11-2-1-3-12(11)8-13;/h4-5,8,14,16H,1-3,6-7,9-10H2,(H,17,18);1H. The van der Waals surface area contributed by atoms with Crippen LogP contribution >= 0.6 is 24.2 Å². The van der Waals surface area contributed by atoms with Crippen LogP contribution in [0.1, 0.15) is 24.0 Å². The number of carbonyl (C=O) groups excluding carboxylic acids is 1. The molecule has 110 valence electrons. The van der Waals surface area contributed by atoms with E-state index in [1.807, 2.05) is 17.8 Å². The normalized spacial score (nSPS) is 20.9. The molecule has 3 rings (SSSR count). The lowest BCUT2D eigenvalue weighted by atomic mass is 10.1. The van der Waals surface area contributed by atoms with Crippen molar-refractivity contribution in [3.05, 3.63) is 29.3 Å². The van der Waals surface area contributed by atoms with Gasteiger partial charge in [0.25, 0.3) is 0 Å². The van der Waals surface area contributed by atoms with E-state index in [1.165, 1.54) is 24.0 Å². The van der Waals surface area contributed by atoms with Crippen LogP contribution in [0.5, 0.6) is 0 Å². The van der Waals surface area contributed by atoms with Crippen molar-refractivity contribution in [1.29, 1.82) is 0 Å². The van der Waals surface area contributed by atoms with Crippen molar-refractivity contribution >= 4 is 35.8 Å². The summed E-state index contributed by atoms with van der Waals surface area (Å²) in [6, 6.07) is 6.66. The van der Waals surface area contributed by atoms with Crippen molar-refractivity contribution < 1.29 is 4.79 Å². The zero-order valence-electron chi connectivity index (χ0n) is 11.5. The van der Waals surface area contributed by atoms with Gasteiger partial charge in [-0.15, -0.1) is 12.4 Å². The van der Waals surface area contributed by atoms with E-state index in [9.17, 15) is 4.79 Å². The lowest BCUT2D eigenvalue weighted by molar-refractivity contribution is -0.116. The molecule has 3 nitrogen and oxygen atoms in total. The maximum Gasteiger partial charge on any atom is 0.225 e. The molecule has 5 heteroatoms. The fraction of sp³-hybridized carbons (Fsp3) is 0.533. The smallest absolute Gasteiger partial charge is 0.225 e. The Kier molecular flexibility index (Phi) is 5.75. The van der Waals surface area contributed by atoms with Gasteiger partial charge >= 0.3 is 0 Å². The molecule has 0 saturated carbocycles. The predicted octanol–water partition coefficient (Wildman–Crippen LogP) is 2.63. The van der Waals surface area contributed by atoms with Crippen LogP contribution in [0.3, 0.4) is 0 Å². The first-order valence-electron chi connectivity index (χ1n) is 7.04. The summed E-state index contributed by atoms with van der Waals surface area (Å²) < 4.78 is 0. The zero-order valence-corrected chi connectivity index (χ0v) is 13.1. The molecule has 1 aromatic carbocycles. The summed E-state index contributed by atoms with van der Waals surface area (Å²) in [6.07, 6.45) is 4.16. The minimum atomic E-state index is 0. The molecule has 0 spiro atoms. The Hall–Kier alpha value is -0.710. The molecule has 2 aliphatic rings. The Bertz CT molecular complexity index is 475. The van der Waals surface area contributed by atoms with Crippen LogP contribution in [0.4, 0.5) is 5.69 Å². The molecule has 20 heavy (non-hydrogen) atoms. The van der Waals surface area contributed by atoms with Crippen LogP contribution < -0.4 is 10.6 Å². The number of aryl methyl sites for hydroxylation is 2. The molecule has 1 unspecified atom stereocenters. The van der Waals surface area contributed by atoms with Crippen LogP contribution in [0.2, 0.25) is 0 Å². The molecule has 1 saturated heterocycles. The van der Waals surface area contributed by atoms with E-state index in [0.29, 0.717) is 12.5 Å². The third-order valence-corrected chi connectivity index (χ3v) is 4.94. The van der Waals surface area contributed by atoms with E-state index in [1.54, 1.807) is 0 Å². The Morgan fingerprint density at radius 1 is 1.35 bits per heavy atom. The van der Waals surface area contributed by atoms with Gasteiger partial charge in [0.05, 0.1) is 0 Å². The molecule has 1 heterocycles. The highest BCUT2D eigenvalue weighted by Gasteiger charge is 2.17. The molecule has 1 fully saturated rings. The van der Waals surface area contributed by atoms with Crippen LogP contribution in [-0.2, 0) is 17.6 Å². The van der Waals surface area contributed by atoms with Gasteiger partial charge in [-0.3, -0.25) is 4.79 Å². The fourth-order valence-electron chi connectivity index (χ4n) is 2.84. The third-order valence-electron chi connectivity index (χ3n) is 3.81. The summed E-state index contributed by atoms with van der Waals surface area (Å²) in [5.41, 5.74) is 3.81. The monoisotopic (exact) mass is 312 g/mol. The average Bonchev–Trinajstić information content (AvgIpc) is 2.87. The summed E-state index contributed by atoms with van der Waals surface area (Å²) >= 11 is 1.93. The Labute approximate surface area is 130 Å². The number of hydrogen-bond acceptors (Lipinski definition) is 3. The van der Waals surface area contributed by atoms with Crippen LogP contribution in [-0.4, -0.2) is 30.0 Å². The summed E-state index contributed by atoms with van der Waals surface area (Å²) in [5, 5.41) is 6.43. The highest BCUT2D eigenvalue weighted by molar-refractivity contribution is 7.99. The topological polar surface area (TPSA) is 41.1 Å². The Balaban J connectivity index is 0.00000147. The van der Waals surface area contributed by atoms with Gasteiger partial charge in [-0.2, -0.15) is 11.8 Å². The maximum atomic E-state index is 12.0. The first kappa shape index (κ1) is 15.7. The second kappa shape index (κ2) is 7.34. The number of fused-ring (bicyclic) bond motifs is 1. The molecule has 1 aliphatic heterocycles. The molecule has 1 aliphatic carbocycles. The third kappa shape index (κ3) is 3.90. The fourth-order valence-corrected chi connectivity index (χ4v) is 3.79. The van der Waals surface area contributed by atoms with E-state index in [0.717, 1.165) is 30.2 Å². The summed E-state index contributed by atoms with van der Waals surface area (Å²) in [5.74, 6) is 2.32. The molecular weight excluding hydrogens is 292 g/mol. The molecule has 1 aromatic rings. The largest absolute Gasteiger partial charge is 0.326 e. The van der Waals surface area contributed by atoms with Gasteiger partial charge in [0.1, 0.15) is 0 Å². The van der Waals surface area contributed by atoms with E-state index in [-0.39, 0.29) is 18.3 Å². The SMILES string of the molecule is Cl.O=C(CC1CSCCN1)Nc1ccc2c(c1)CCC2. The second-order valence-corrected chi connectivity index (χ2v) is 6.47. The minimum absolute atomic E-state index is 0. The van der Waals surface area contributed by atoms with Crippen molar-refractivity contribution in [2.24, 2.45) is 0 Å². The molecule has 0 radical (unpaired) electrons. The van der Waals surface area contributed by atoms with Gasteiger partial charge in [0, 0.05) is 36.2 Å². The summed E-state index contributed by atoms with van der Waals surface area (Å²) in [7, 11) is 0. The van der Waals surface area contributed by atoms with Crippen molar-refractivity contribution in [3.8, 4) is 0 Å². The molecular formula is C15H21ClN2OS. The van der Waals surface area contributed by atoms with Gasteiger partial charge in [-0.25, -0.2) is 0 Å². The number of carbonyl (C=O) groups is 1. The first-order chi connectivity index (χ1) is 9.31. The molecule has 1 amide bonds. The van der Waals surface area contributed by atoms with E-state index < -0.39 is 0 Å². The quantitative estimate of drug-likeness (QED) is 0.901.